The minimum absolute atomic E-state index is 0.145. The number of aromatic nitrogens is 1. The summed E-state index contributed by atoms with van der Waals surface area (Å²) < 4.78 is 7.09. The van der Waals surface area contributed by atoms with Gasteiger partial charge < -0.3 is 19.9 Å². The van der Waals surface area contributed by atoms with E-state index in [9.17, 15) is 9.59 Å². The zero-order valence-electron chi connectivity index (χ0n) is 14.1. The third-order valence-electron chi connectivity index (χ3n) is 3.76. The smallest absolute Gasteiger partial charge is 0.244 e. The van der Waals surface area contributed by atoms with Gasteiger partial charge in [-0.05, 0) is 42.5 Å². The van der Waals surface area contributed by atoms with Gasteiger partial charge in [0.1, 0.15) is 12.3 Å². The number of hydrogen-bond donors (Lipinski definition) is 2. The highest BCUT2D eigenvalue weighted by Gasteiger charge is 2.08. The Labute approximate surface area is 145 Å². The third kappa shape index (κ3) is 3.98. The minimum atomic E-state index is -0.155. The van der Waals surface area contributed by atoms with Crippen LogP contribution >= 0.6 is 0 Å². The molecule has 0 aliphatic carbocycles. The number of carbonyl (C=O) groups is 2. The average Bonchev–Trinajstić information content (AvgIpc) is 2.96. The predicted octanol–water partition coefficient (Wildman–Crippen LogP) is 3.25. The summed E-state index contributed by atoms with van der Waals surface area (Å²) in [7, 11) is 1.63. The van der Waals surface area contributed by atoms with Gasteiger partial charge in [-0.15, -0.1) is 0 Å². The van der Waals surface area contributed by atoms with E-state index in [0.717, 1.165) is 16.7 Å². The summed E-state index contributed by atoms with van der Waals surface area (Å²) in [4.78, 5) is 23.5. The van der Waals surface area contributed by atoms with Crippen molar-refractivity contribution in [1.82, 2.24) is 4.57 Å². The molecule has 0 bridgehead atoms. The SMILES string of the molecule is COc1ccc2c(ccn2CC(=O)Nc2cccc(NC(C)=O)c2)c1. The molecule has 6 heteroatoms. The molecule has 0 radical (unpaired) electrons. The lowest BCUT2D eigenvalue weighted by Gasteiger charge is -2.09. The van der Waals surface area contributed by atoms with E-state index in [-0.39, 0.29) is 18.4 Å². The molecule has 0 aliphatic rings. The largest absolute Gasteiger partial charge is 0.497 e. The molecule has 1 heterocycles. The fourth-order valence-corrected chi connectivity index (χ4v) is 2.68. The summed E-state index contributed by atoms with van der Waals surface area (Å²) in [6.45, 7) is 1.64. The standard InChI is InChI=1S/C19H19N3O3/c1-13(23)20-15-4-3-5-16(11-15)21-19(24)12-22-9-8-14-10-17(25-2)6-7-18(14)22/h3-11H,12H2,1-2H3,(H,20,23)(H,21,24). The van der Waals surface area contributed by atoms with Crippen molar-refractivity contribution in [2.24, 2.45) is 0 Å². The molecular weight excluding hydrogens is 318 g/mol. The summed E-state index contributed by atoms with van der Waals surface area (Å²) in [6, 6.07) is 14.7. The number of hydrogen-bond acceptors (Lipinski definition) is 3. The molecule has 0 aliphatic heterocycles. The first-order chi connectivity index (χ1) is 12.0. The molecule has 2 amide bonds. The van der Waals surface area contributed by atoms with Crippen LogP contribution in [-0.4, -0.2) is 23.5 Å². The molecule has 0 fully saturated rings. The Morgan fingerprint density at radius 2 is 1.80 bits per heavy atom. The number of carbonyl (C=O) groups excluding carboxylic acids is 2. The summed E-state index contributed by atoms with van der Waals surface area (Å²) >= 11 is 0. The van der Waals surface area contributed by atoms with E-state index in [2.05, 4.69) is 10.6 Å². The highest BCUT2D eigenvalue weighted by molar-refractivity contribution is 5.94. The van der Waals surface area contributed by atoms with Gasteiger partial charge in [0.25, 0.3) is 0 Å². The van der Waals surface area contributed by atoms with Crippen LogP contribution in [0.5, 0.6) is 5.75 Å². The van der Waals surface area contributed by atoms with Crippen LogP contribution in [0.25, 0.3) is 10.9 Å². The molecular formula is C19H19N3O3. The molecule has 0 spiro atoms. The van der Waals surface area contributed by atoms with Crippen LogP contribution in [0.4, 0.5) is 11.4 Å². The molecule has 25 heavy (non-hydrogen) atoms. The van der Waals surface area contributed by atoms with Gasteiger partial charge in [-0.1, -0.05) is 6.07 Å². The topological polar surface area (TPSA) is 72.4 Å². The first-order valence-electron chi connectivity index (χ1n) is 7.85. The van der Waals surface area contributed by atoms with Gasteiger partial charge in [0.05, 0.1) is 7.11 Å². The van der Waals surface area contributed by atoms with Crippen LogP contribution < -0.4 is 15.4 Å². The van der Waals surface area contributed by atoms with Gasteiger partial charge in [-0.3, -0.25) is 9.59 Å². The summed E-state index contributed by atoms with van der Waals surface area (Å²) in [5.74, 6) is 0.482. The van der Waals surface area contributed by atoms with Gasteiger partial charge >= 0.3 is 0 Å². The van der Waals surface area contributed by atoms with E-state index in [1.165, 1.54) is 6.92 Å². The fraction of sp³-hybridized carbons (Fsp3) is 0.158. The molecule has 2 N–H and O–H groups in total. The summed E-state index contributed by atoms with van der Waals surface area (Å²) in [5, 5.41) is 6.55. The van der Waals surface area contributed by atoms with E-state index >= 15 is 0 Å². The number of nitrogens with one attached hydrogen (secondary N) is 2. The predicted molar refractivity (Wildman–Crippen MR) is 97.9 cm³/mol. The first kappa shape index (κ1) is 16.6. The Kier molecular flexibility index (Phi) is 4.70. The van der Waals surface area contributed by atoms with Crippen LogP contribution in [0, 0.1) is 0 Å². The minimum Gasteiger partial charge on any atom is -0.497 e. The highest BCUT2D eigenvalue weighted by Crippen LogP contribution is 2.22. The Bertz CT molecular complexity index is 931. The lowest BCUT2D eigenvalue weighted by atomic mass is 10.2. The van der Waals surface area contributed by atoms with Crippen LogP contribution in [0.3, 0.4) is 0 Å². The first-order valence-corrected chi connectivity index (χ1v) is 7.85. The van der Waals surface area contributed by atoms with E-state index in [1.54, 1.807) is 31.4 Å². The number of ether oxygens (including phenoxy) is 1. The third-order valence-corrected chi connectivity index (χ3v) is 3.76. The van der Waals surface area contributed by atoms with Crippen molar-refractivity contribution >= 4 is 34.1 Å². The van der Waals surface area contributed by atoms with Crippen LogP contribution in [-0.2, 0) is 16.1 Å². The van der Waals surface area contributed by atoms with E-state index in [0.29, 0.717) is 11.4 Å². The maximum atomic E-state index is 12.3. The molecule has 128 valence electrons. The van der Waals surface area contributed by atoms with Crippen molar-refractivity contribution in [3.8, 4) is 5.75 Å². The molecule has 2 aromatic carbocycles. The second-order valence-electron chi connectivity index (χ2n) is 5.68. The van der Waals surface area contributed by atoms with Gasteiger partial charge in [-0.25, -0.2) is 0 Å². The zero-order valence-corrected chi connectivity index (χ0v) is 14.1. The number of benzene rings is 2. The molecule has 0 saturated heterocycles. The number of fused-ring (bicyclic) bond motifs is 1. The summed E-state index contributed by atoms with van der Waals surface area (Å²) in [6.07, 6.45) is 1.87. The fourth-order valence-electron chi connectivity index (χ4n) is 2.68. The van der Waals surface area contributed by atoms with E-state index < -0.39 is 0 Å². The second kappa shape index (κ2) is 7.09. The monoisotopic (exact) mass is 337 g/mol. The maximum Gasteiger partial charge on any atom is 0.244 e. The number of nitrogens with zero attached hydrogens (tertiary/aromatic N) is 1. The number of rotatable bonds is 5. The maximum absolute atomic E-state index is 12.3. The van der Waals surface area contributed by atoms with Gasteiger partial charge in [-0.2, -0.15) is 0 Å². The molecule has 1 aromatic heterocycles. The number of methoxy groups -OCH3 is 1. The number of amides is 2. The second-order valence-corrected chi connectivity index (χ2v) is 5.68. The van der Waals surface area contributed by atoms with E-state index in [4.69, 9.17) is 4.74 Å². The van der Waals surface area contributed by atoms with Crippen LogP contribution in [0.2, 0.25) is 0 Å². The van der Waals surface area contributed by atoms with Gasteiger partial charge in [0.15, 0.2) is 0 Å². The zero-order chi connectivity index (χ0) is 17.8. The summed E-state index contributed by atoms with van der Waals surface area (Å²) in [5.41, 5.74) is 2.24. The lowest BCUT2D eigenvalue weighted by Crippen LogP contribution is -2.18. The molecule has 0 unspecified atom stereocenters. The quantitative estimate of drug-likeness (QED) is 0.751. The Morgan fingerprint density at radius 1 is 1.04 bits per heavy atom. The molecule has 0 saturated carbocycles. The number of anilines is 2. The van der Waals surface area contributed by atoms with E-state index in [1.807, 2.05) is 35.0 Å². The van der Waals surface area contributed by atoms with Crippen LogP contribution in [0.1, 0.15) is 6.92 Å². The normalized spacial score (nSPS) is 10.5. The van der Waals surface area contributed by atoms with Crippen molar-refractivity contribution < 1.29 is 14.3 Å². The Hall–Kier alpha value is -3.28. The lowest BCUT2D eigenvalue weighted by molar-refractivity contribution is -0.116. The molecule has 3 aromatic rings. The Morgan fingerprint density at radius 3 is 2.52 bits per heavy atom. The van der Waals surface area contributed by atoms with Crippen molar-refractivity contribution in [2.75, 3.05) is 17.7 Å². The van der Waals surface area contributed by atoms with Crippen LogP contribution in [0.15, 0.2) is 54.7 Å². The van der Waals surface area contributed by atoms with Crippen molar-refractivity contribution in [2.45, 2.75) is 13.5 Å². The molecule has 6 nitrogen and oxygen atoms in total. The van der Waals surface area contributed by atoms with Crippen molar-refractivity contribution in [3.63, 3.8) is 0 Å². The van der Waals surface area contributed by atoms with Gasteiger partial charge in [0, 0.05) is 35.4 Å². The molecule has 3 rings (SSSR count). The average molecular weight is 337 g/mol. The highest BCUT2D eigenvalue weighted by atomic mass is 16.5. The van der Waals surface area contributed by atoms with Crippen molar-refractivity contribution in [3.05, 3.63) is 54.7 Å². The van der Waals surface area contributed by atoms with Gasteiger partial charge in [0.2, 0.25) is 11.8 Å². The Balaban J connectivity index is 1.71. The van der Waals surface area contributed by atoms with Crippen molar-refractivity contribution in [1.29, 1.82) is 0 Å². The molecule has 0 atom stereocenters.